The predicted molar refractivity (Wildman–Crippen MR) is 198 cm³/mol. The monoisotopic (exact) mass is 773 g/mol. The van der Waals surface area contributed by atoms with Gasteiger partial charge in [0.2, 0.25) is 4.96 Å². The van der Waals surface area contributed by atoms with Crippen LogP contribution in [0.15, 0.2) is 102 Å². The molecule has 1 aliphatic carbocycles. The smallest absolute Gasteiger partial charge is 0.416 e. The zero-order chi connectivity index (χ0) is 36.1. The standard InChI is InChI=1S/C37H30F3N7O3S3/c1-48-36-47(27-13-16-29(17-27)50-35-44-45-18-30(42-33(45)52-35)22-7-11-25(12-8-22)37(38,39)40)46-19-31(43-34(46)53-36)23-9-14-28(15-10-23)49-20-26-21-51-32(41-26)24-5-3-2-4-6-24/h2-12,14-15,18-19,21,27,29,36H,13,16-17,20H2,1H3. The van der Waals surface area contributed by atoms with Gasteiger partial charge < -0.3 is 14.2 Å². The molecule has 53 heavy (non-hydrogen) atoms. The van der Waals surface area contributed by atoms with E-state index < -0.39 is 11.7 Å². The fourth-order valence-corrected chi connectivity index (χ4v) is 9.24. The molecule has 7 aromatic rings. The van der Waals surface area contributed by atoms with Crippen LogP contribution >= 0.6 is 34.4 Å². The molecule has 1 saturated carbocycles. The van der Waals surface area contributed by atoms with Gasteiger partial charge in [-0.25, -0.2) is 24.1 Å². The second kappa shape index (κ2) is 13.8. The van der Waals surface area contributed by atoms with E-state index in [0.29, 0.717) is 28.0 Å². The Kier molecular flexibility index (Phi) is 8.84. The van der Waals surface area contributed by atoms with E-state index in [4.69, 9.17) is 24.2 Å². The van der Waals surface area contributed by atoms with Crippen LogP contribution in [0.4, 0.5) is 13.2 Å². The summed E-state index contributed by atoms with van der Waals surface area (Å²) in [6.45, 7) is 0.389. The van der Waals surface area contributed by atoms with E-state index in [-0.39, 0.29) is 17.7 Å². The summed E-state index contributed by atoms with van der Waals surface area (Å²) in [4.78, 5) is 14.8. The van der Waals surface area contributed by atoms with Crippen molar-refractivity contribution in [2.75, 3.05) is 12.1 Å². The molecule has 1 aliphatic heterocycles. The van der Waals surface area contributed by atoms with Crippen molar-refractivity contribution in [1.29, 1.82) is 0 Å². The summed E-state index contributed by atoms with van der Waals surface area (Å²) in [6.07, 6.45) is 1.82. The zero-order valence-corrected chi connectivity index (χ0v) is 30.5. The van der Waals surface area contributed by atoms with Crippen LogP contribution in [0.25, 0.3) is 38.0 Å². The van der Waals surface area contributed by atoms with E-state index in [2.05, 4.69) is 38.1 Å². The molecule has 3 unspecified atom stereocenters. The number of halogens is 3. The van der Waals surface area contributed by atoms with Crippen LogP contribution in [0.1, 0.15) is 30.5 Å². The normalized spacial score (nSPS) is 18.6. The highest BCUT2D eigenvalue weighted by Gasteiger charge is 2.41. The van der Waals surface area contributed by atoms with Crippen LogP contribution in [0.3, 0.4) is 0 Å². The zero-order valence-electron chi connectivity index (χ0n) is 28.0. The van der Waals surface area contributed by atoms with Crippen LogP contribution in [0.5, 0.6) is 10.9 Å². The van der Waals surface area contributed by atoms with E-state index in [1.165, 1.54) is 23.5 Å². The second-order valence-electron chi connectivity index (χ2n) is 12.6. The van der Waals surface area contributed by atoms with Crippen molar-refractivity contribution in [3.05, 3.63) is 108 Å². The number of imidazole rings is 2. The summed E-state index contributed by atoms with van der Waals surface area (Å²) in [5.41, 5.74) is 4.05. The molecule has 0 saturated heterocycles. The van der Waals surface area contributed by atoms with E-state index in [1.54, 1.807) is 40.9 Å². The fourth-order valence-electron chi connectivity index (χ4n) is 6.56. The molecule has 9 rings (SSSR count). The molecule has 5 heterocycles. The molecule has 3 aromatic carbocycles. The molecule has 0 N–H and O–H groups in total. The predicted octanol–water partition coefficient (Wildman–Crippen LogP) is 9.02. The van der Waals surface area contributed by atoms with Gasteiger partial charge >= 0.3 is 6.18 Å². The number of thiazole rings is 1. The maximum atomic E-state index is 13.0. The van der Waals surface area contributed by atoms with Crippen LogP contribution < -0.4 is 14.5 Å². The molecule has 0 amide bonds. The number of hydrogen-bond acceptors (Lipinski definition) is 11. The van der Waals surface area contributed by atoms with Gasteiger partial charge in [0.1, 0.15) is 23.5 Å². The van der Waals surface area contributed by atoms with E-state index in [0.717, 1.165) is 69.8 Å². The maximum absolute atomic E-state index is 13.0. The van der Waals surface area contributed by atoms with Gasteiger partial charge in [0, 0.05) is 35.6 Å². The number of fused-ring (bicyclic) bond motifs is 2. The molecule has 270 valence electrons. The molecule has 16 heteroatoms. The summed E-state index contributed by atoms with van der Waals surface area (Å²) < 4.78 is 60.9. The minimum atomic E-state index is -4.39. The largest absolute Gasteiger partial charge is 0.487 e. The molecule has 3 atom stereocenters. The molecular formula is C37H30F3N7O3S3. The van der Waals surface area contributed by atoms with Crippen molar-refractivity contribution < 1.29 is 27.4 Å². The number of rotatable bonds is 10. The third-order valence-electron chi connectivity index (χ3n) is 9.17. The second-order valence-corrected chi connectivity index (χ2v) is 15.4. The number of thioether (sulfide) groups is 1. The van der Waals surface area contributed by atoms with E-state index in [9.17, 15) is 13.2 Å². The van der Waals surface area contributed by atoms with Crippen LogP contribution in [0, 0.1) is 0 Å². The lowest BCUT2D eigenvalue weighted by Crippen LogP contribution is -2.45. The van der Waals surface area contributed by atoms with Gasteiger partial charge in [-0.05, 0) is 72.3 Å². The van der Waals surface area contributed by atoms with Crippen LogP contribution in [-0.2, 0) is 17.5 Å². The molecule has 2 aliphatic rings. The summed E-state index contributed by atoms with van der Waals surface area (Å²) in [5, 5.41) is 11.2. The number of hydrogen-bond donors (Lipinski definition) is 0. The Balaban J connectivity index is 0.828. The van der Waals surface area contributed by atoms with Gasteiger partial charge in [0.05, 0.1) is 41.1 Å². The van der Waals surface area contributed by atoms with E-state index >= 15 is 0 Å². The highest BCUT2D eigenvalue weighted by atomic mass is 32.2. The topological polar surface area (TPSA) is 91.8 Å². The van der Waals surface area contributed by atoms with Crippen molar-refractivity contribution in [3.63, 3.8) is 0 Å². The molecular weight excluding hydrogens is 744 g/mol. The Morgan fingerprint density at radius 1 is 0.849 bits per heavy atom. The molecule has 4 aromatic heterocycles. The van der Waals surface area contributed by atoms with Crippen LogP contribution in [0.2, 0.25) is 0 Å². The SMILES string of the molecule is COC1Sc2nc(-c3ccc(OCc4csc(-c5ccccc5)n4)cc3)cn2N1C1CCC(Oc2nn3cc(-c4ccc(C(F)(F)F)cc4)nc3s2)C1. The summed E-state index contributed by atoms with van der Waals surface area (Å²) in [5.74, 6) is 0.760. The minimum Gasteiger partial charge on any atom is -0.487 e. The summed E-state index contributed by atoms with van der Waals surface area (Å²) in [7, 11) is 1.71. The number of ether oxygens (including phenoxy) is 3. The maximum Gasteiger partial charge on any atom is 0.416 e. The van der Waals surface area contributed by atoms with Crippen molar-refractivity contribution >= 4 is 39.4 Å². The highest BCUT2D eigenvalue weighted by Crippen LogP contribution is 2.41. The first kappa shape index (κ1) is 33.9. The fraction of sp³-hybridized carbons (Fsp3) is 0.243. The number of aromatic nitrogens is 6. The van der Waals surface area contributed by atoms with Crippen LogP contribution in [-0.4, -0.2) is 54.1 Å². The lowest BCUT2D eigenvalue weighted by atomic mass is 10.1. The average molecular weight is 774 g/mol. The van der Waals surface area contributed by atoms with Crippen molar-refractivity contribution in [1.82, 2.24) is 29.2 Å². The minimum absolute atomic E-state index is 0.0541. The first-order chi connectivity index (χ1) is 25.8. The van der Waals surface area contributed by atoms with Gasteiger partial charge in [-0.1, -0.05) is 42.5 Å². The number of nitrogens with zero attached hydrogens (tertiary/aromatic N) is 7. The van der Waals surface area contributed by atoms with Gasteiger partial charge in [0.25, 0.3) is 5.19 Å². The molecule has 0 radical (unpaired) electrons. The molecule has 0 spiro atoms. The van der Waals surface area contributed by atoms with Gasteiger partial charge in [-0.15, -0.1) is 16.4 Å². The summed E-state index contributed by atoms with van der Waals surface area (Å²) in [6, 6.07) is 23.2. The first-order valence-electron chi connectivity index (χ1n) is 16.8. The number of alkyl halides is 3. The van der Waals surface area contributed by atoms with Crippen molar-refractivity contribution in [2.24, 2.45) is 0 Å². The van der Waals surface area contributed by atoms with Gasteiger partial charge in [0.15, 0.2) is 10.7 Å². The lowest BCUT2D eigenvalue weighted by molar-refractivity contribution is -0.137. The molecule has 1 fully saturated rings. The average Bonchev–Trinajstić information content (AvgIpc) is 4.02. The lowest BCUT2D eigenvalue weighted by Gasteiger charge is -2.31. The van der Waals surface area contributed by atoms with E-state index in [1.807, 2.05) is 47.8 Å². The number of methoxy groups -OCH3 is 1. The molecule has 0 bridgehead atoms. The third-order valence-corrected chi connectivity index (χ3v) is 12.0. The quantitative estimate of drug-likeness (QED) is 0.135. The van der Waals surface area contributed by atoms with Gasteiger partial charge in [-0.3, -0.25) is 5.01 Å². The highest BCUT2D eigenvalue weighted by molar-refractivity contribution is 7.99. The molecule has 10 nitrogen and oxygen atoms in total. The van der Waals surface area contributed by atoms with Gasteiger partial charge in [-0.2, -0.15) is 13.2 Å². The Morgan fingerprint density at radius 2 is 1.60 bits per heavy atom. The Hall–Kier alpha value is -4.90. The Bertz CT molecular complexity index is 2330. The van der Waals surface area contributed by atoms with Crippen molar-refractivity contribution in [2.45, 2.75) is 54.9 Å². The number of benzene rings is 3. The third kappa shape index (κ3) is 6.87. The first-order valence-corrected chi connectivity index (χ1v) is 19.4. The summed E-state index contributed by atoms with van der Waals surface area (Å²) >= 11 is 4.49. The Labute approximate surface area is 313 Å². The Morgan fingerprint density at radius 3 is 2.34 bits per heavy atom. The van der Waals surface area contributed by atoms with Crippen molar-refractivity contribution in [3.8, 4) is 44.0 Å².